The van der Waals surface area contributed by atoms with Crippen LogP contribution in [0.3, 0.4) is 0 Å². The number of rotatable bonds is 6. The fourth-order valence-corrected chi connectivity index (χ4v) is 3.85. The largest absolute Gasteiger partial charge is 0.416 e. The topological polar surface area (TPSA) is 67.2 Å². The minimum absolute atomic E-state index is 0.00385. The highest BCUT2D eigenvalue weighted by Gasteiger charge is 2.35. The number of likely N-dealkylation sites (tertiary alicyclic amines) is 1. The van der Waals surface area contributed by atoms with Crippen LogP contribution in [0, 0.1) is 5.92 Å². The van der Waals surface area contributed by atoms with Crippen LogP contribution >= 0.6 is 11.6 Å². The Kier molecular flexibility index (Phi) is 6.42. The van der Waals surface area contributed by atoms with Crippen LogP contribution in [0.2, 0.25) is 5.02 Å². The third-order valence-corrected chi connectivity index (χ3v) is 5.68. The molecule has 172 valence electrons. The Hall–Kier alpha value is -3.33. The number of carbonyl (C=O) groups is 2. The van der Waals surface area contributed by atoms with Gasteiger partial charge >= 0.3 is 6.18 Å². The summed E-state index contributed by atoms with van der Waals surface area (Å²) in [7, 11) is 0. The number of hydrogen-bond acceptors (Lipinski definition) is 3. The molecule has 0 spiro atoms. The van der Waals surface area contributed by atoms with Gasteiger partial charge in [0.1, 0.15) is 5.82 Å². The van der Waals surface area contributed by atoms with Gasteiger partial charge in [0.15, 0.2) is 0 Å². The van der Waals surface area contributed by atoms with E-state index in [9.17, 15) is 22.8 Å². The first-order valence-electron chi connectivity index (χ1n) is 10.2. The normalized spacial score (nSPS) is 16.3. The summed E-state index contributed by atoms with van der Waals surface area (Å²) in [4.78, 5) is 26.6. The summed E-state index contributed by atoms with van der Waals surface area (Å²) in [6, 6.07) is 13.8. The van der Waals surface area contributed by atoms with Gasteiger partial charge in [-0.05, 0) is 35.4 Å². The van der Waals surface area contributed by atoms with Crippen molar-refractivity contribution in [1.29, 1.82) is 0 Å². The first-order valence-corrected chi connectivity index (χ1v) is 10.6. The lowest BCUT2D eigenvalue weighted by atomic mass is 10.1. The second-order valence-electron chi connectivity index (χ2n) is 7.86. The van der Waals surface area contributed by atoms with Crippen molar-refractivity contribution in [2.75, 3.05) is 11.9 Å². The minimum Gasteiger partial charge on any atom is -0.338 e. The number of nitrogens with one attached hydrogen (secondary N) is 1. The lowest BCUT2D eigenvalue weighted by Crippen LogP contribution is -2.28. The number of nitrogens with zero attached hydrogens (tertiary/aromatic N) is 3. The van der Waals surface area contributed by atoms with Crippen LogP contribution < -0.4 is 5.32 Å². The van der Waals surface area contributed by atoms with Crippen LogP contribution in [-0.2, 0) is 28.9 Å². The molecule has 1 N–H and O–H groups in total. The highest BCUT2D eigenvalue weighted by Crippen LogP contribution is 2.30. The van der Waals surface area contributed by atoms with E-state index in [4.69, 9.17) is 11.6 Å². The van der Waals surface area contributed by atoms with Crippen molar-refractivity contribution in [3.8, 4) is 0 Å². The Morgan fingerprint density at radius 2 is 1.85 bits per heavy atom. The molecule has 1 fully saturated rings. The van der Waals surface area contributed by atoms with Crippen LogP contribution in [0.4, 0.5) is 19.0 Å². The highest BCUT2D eigenvalue weighted by atomic mass is 35.5. The molecule has 1 saturated heterocycles. The van der Waals surface area contributed by atoms with Crippen LogP contribution in [0.1, 0.15) is 23.1 Å². The van der Waals surface area contributed by atoms with E-state index in [1.165, 1.54) is 17.0 Å². The van der Waals surface area contributed by atoms with Gasteiger partial charge in [-0.3, -0.25) is 9.59 Å². The minimum atomic E-state index is -4.46. The first kappa shape index (κ1) is 22.8. The molecule has 6 nitrogen and oxygen atoms in total. The zero-order valence-electron chi connectivity index (χ0n) is 17.3. The Balaban J connectivity index is 1.38. The van der Waals surface area contributed by atoms with Crippen molar-refractivity contribution < 1.29 is 22.8 Å². The monoisotopic (exact) mass is 476 g/mol. The summed E-state index contributed by atoms with van der Waals surface area (Å²) >= 11 is 5.91. The molecule has 10 heteroatoms. The van der Waals surface area contributed by atoms with Crippen LogP contribution in [0.25, 0.3) is 0 Å². The maximum atomic E-state index is 12.9. The van der Waals surface area contributed by atoms with Crippen molar-refractivity contribution in [1.82, 2.24) is 14.7 Å². The van der Waals surface area contributed by atoms with Crippen molar-refractivity contribution in [3.63, 3.8) is 0 Å². The van der Waals surface area contributed by atoms with Crippen molar-refractivity contribution in [3.05, 3.63) is 82.5 Å². The highest BCUT2D eigenvalue weighted by molar-refractivity contribution is 6.30. The molecule has 2 amide bonds. The number of carbonyl (C=O) groups excluding carboxylic acids is 2. The SMILES string of the molecule is O=C(Nc1ccnn1Cc1ccc(Cl)cc1)C1CC(=O)N(Cc2cccc(C(F)(F)F)c2)C1. The zero-order valence-corrected chi connectivity index (χ0v) is 18.1. The van der Waals surface area contributed by atoms with E-state index in [-0.39, 0.29) is 31.3 Å². The Morgan fingerprint density at radius 3 is 2.58 bits per heavy atom. The van der Waals surface area contributed by atoms with Gasteiger partial charge in [0.05, 0.1) is 24.2 Å². The fraction of sp³-hybridized carbons (Fsp3) is 0.261. The second-order valence-corrected chi connectivity index (χ2v) is 8.30. The van der Waals surface area contributed by atoms with Gasteiger partial charge in [-0.15, -0.1) is 0 Å². The molecule has 1 unspecified atom stereocenters. The summed E-state index contributed by atoms with van der Waals surface area (Å²) in [6.07, 6.45) is -2.90. The summed E-state index contributed by atoms with van der Waals surface area (Å²) in [5.74, 6) is -0.740. The first-order chi connectivity index (χ1) is 15.7. The molecular weight excluding hydrogens is 457 g/mol. The molecule has 1 aromatic heterocycles. The molecule has 2 heterocycles. The number of amides is 2. The number of hydrogen-bond donors (Lipinski definition) is 1. The molecule has 4 rings (SSSR count). The maximum Gasteiger partial charge on any atom is 0.416 e. The number of alkyl halides is 3. The summed E-state index contributed by atoms with van der Waals surface area (Å²) in [5, 5.41) is 7.65. The van der Waals surface area contributed by atoms with Gasteiger partial charge in [-0.1, -0.05) is 35.9 Å². The molecule has 3 aromatic rings. The molecule has 33 heavy (non-hydrogen) atoms. The van der Waals surface area contributed by atoms with Gasteiger partial charge in [0.25, 0.3) is 0 Å². The third kappa shape index (κ3) is 5.54. The number of anilines is 1. The molecular formula is C23H20ClF3N4O2. The third-order valence-electron chi connectivity index (χ3n) is 5.43. The molecule has 0 aliphatic carbocycles. The van der Waals surface area contributed by atoms with E-state index < -0.39 is 17.7 Å². The summed E-state index contributed by atoms with van der Waals surface area (Å²) in [6.45, 7) is 0.568. The van der Waals surface area contributed by atoms with Gasteiger partial charge < -0.3 is 10.2 Å². The van der Waals surface area contributed by atoms with E-state index in [0.717, 1.165) is 17.7 Å². The molecule has 0 radical (unpaired) electrons. The zero-order chi connectivity index (χ0) is 23.6. The van der Waals surface area contributed by atoms with Crippen molar-refractivity contribution in [2.45, 2.75) is 25.7 Å². The molecule has 2 aromatic carbocycles. The van der Waals surface area contributed by atoms with E-state index in [2.05, 4.69) is 10.4 Å². The quantitative estimate of drug-likeness (QED) is 0.566. The van der Waals surface area contributed by atoms with Gasteiger partial charge in [-0.2, -0.15) is 18.3 Å². The van der Waals surface area contributed by atoms with E-state index >= 15 is 0 Å². The van der Waals surface area contributed by atoms with E-state index in [1.807, 2.05) is 12.1 Å². The Bertz CT molecular complexity index is 1160. The Morgan fingerprint density at radius 1 is 1.09 bits per heavy atom. The predicted octanol–water partition coefficient (Wildman–Crippen LogP) is 4.59. The Labute approximate surface area is 192 Å². The van der Waals surface area contributed by atoms with Crippen LogP contribution in [-0.4, -0.2) is 33.0 Å². The van der Waals surface area contributed by atoms with Crippen molar-refractivity contribution >= 4 is 29.2 Å². The summed E-state index contributed by atoms with van der Waals surface area (Å²) < 4.78 is 40.5. The average Bonchev–Trinajstić information content (AvgIpc) is 3.35. The van der Waals surface area contributed by atoms with E-state index in [1.54, 1.807) is 29.1 Å². The number of aromatic nitrogens is 2. The molecule has 1 aliphatic heterocycles. The lowest BCUT2D eigenvalue weighted by Gasteiger charge is -2.18. The molecule has 1 aliphatic rings. The molecule has 1 atom stereocenters. The van der Waals surface area contributed by atoms with Gasteiger partial charge in [0, 0.05) is 30.6 Å². The maximum absolute atomic E-state index is 12.9. The summed E-state index contributed by atoms with van der Waals surface area (Å²) in [5.41, 5.74) is 0.539. The van der Waals surface area contributed by atoms with Crippen LogP contribution in [0.5, 0.6) is 0 Å². The predicted molar refractivity (Wildman–Crippen MR) is 116 cm³/mol. The fourth-order valence-electron chi connectivity index (χ4n) is 3.72. The van der Waals surface area contributed by atoms with E-state index in [0.29, 0.717) is 22.9 Å². The lowest BCUT2D eigenvalue weighted by molar-refractivity contribution is -0.137. The van der Waals surface area contributed by atoms with Gasteiger partial charge in [0.2, 0.25) is 11.8 Å². The number of halogens is 4. The van der Waals surface area contributed by atoms with Crippen molar-refractivity contribution in [2.24, 2.45) is 5.92 Å². The van der Waals surface area contributed by atoms with Gasteiger partial charge in [-0.25, -0.2) is 4.68 Å². The molecule has 0 saturated carbocycles. The van der Waals surface area contributed by atoms with Crippen LogP contribution in [0.15, 0.2) is 60.8 Å². The standard InChI is InChI=1S/C23H20ClF3N4O2/c24-19-6-4-15(5-7-19)13-31-20(8-9-28-31)29-22(33)17-11-21(32)30(14-17)12-16-2-1-3-18(10-16)23(25,26)27/h1-10,17H,11-14H2,(H,29,33). The number of benzene rings is 2. The second kappa shape index (κ2) is 9.27. The average molecular weight is 477 g/mol. The molecule has 0 bridgehead atoms. The smallest absolute Gasteiger partial charge is 0.338 e.